The first-order valence-corrected chi connectivity index (χ1v) is 21.1. The molecule has 0 aromatic heterocycles. The Morgan fingerprint density at radius 1 is 0.596 bits per heavy atom. The number of carbonyl (C=O) groups is 2. The van der Waals surface area contributed by atoms with Gasteiger partial charge in [-0.1, -0.05) is 144 Å². The molecule has 0 aliphatic heterocycles. The van der Waals surface area contributed by atoms with Crippen LogP contribution in [0.2, 0.25) is 0 Å². The fraction of sp³-hybridized carbons (Fsp3) is 0.619. The van der Waals surface area contributed by atoms with Crippen LogP contribution in [-0.4, -0.2) is 49.3 Å². The number of unbranched alkanes of at least 4 members (excludes halogenated alkanes) is 8. The van der Waals surface area contributed by atoms with Crippen LogP contribution in [0.4, 0.5) is 0 Å². The highest BCUT2D eigenvalue weighted by Gasteiger charge is 2.25. The highest BCUT2D eigenvalue weighted by atomic mass is 31.2. The van der Waals surface area contributed by atoms with Gasteiger partial charge in [-0.2, -0.15) is 0 Å². The molecule has 0 fully saturated rings. The summed E-state index contributed by atoms with van der Waals surface area (Å²) >= 11 is 0. The number of carbonyl (C=O) groups excluding carboxylic acids is 2. The summed E-state index contributed by atoms with van der Waals surface area (Å²) in [5.74, 6) is -0.913. The molecule has 0 bridgehead atoms. The van der Waals surface area contributed by atoms with Crippen LogP contribution in [0.25, 0.3) is 0 Å². The minimum Gasteiger partial charge on any atom is -0.462 e. The zero-order valence-corrected chi connectivity index (χ0v) is 33.1. The van der Waals surface area contributed by atoms with Gasteiger partial charge in [0.05, 0.1) is 13.2 Å². The summed E-state index contributed by atoms with van der Waals surface area (Å²) in [6, 6.07) is 0. The maximum absolute atomic E-state index is 12.5. The predicted octanol–water partition coefficient (Wildman–Crippen LogP) is 10.9. The van der Waals surface area contributed by atoms with Crippen LogP contribution in [0.3, 0.4) is 0 Å². The molecule has 0 saturated heterocycles. The van der Waals surface area contributed by atoms with Crippen molar-refractivity contribution in [1.82, 2.24) is 0 Å². The van der Waals surface area contributed by atoms with Gasteiger partial charge in [-0.15, -0.1) is 0 Å². The largest absolute Gasteiger partial charge is 0.472 e. The van der Waals surface area contributed by atoms with Crippen molar-refractivity contribution >= 4 is 19.8 Å². The topological polar surface area (TPSA) is 134 Å². The molecule has 0 rings (SSSR count). The van der Waals surface area contributed by atoms with E-state index in [9.17, 15) is 19.0 Å². The van der Waals surface area contributed by atoms with E-state index in [0.29, 0.717) is 12.8 Å². The molecule has 0 aliphatic carbocycles. The van der Waals surface area contributed by atoms with E-state index in [4.69, 9.17) is 24.3 Å². The Balaban J connectivity index is 4.29. The van der Waals surface area contributed by atoms with Gasteiger partial charge in [0.15, 0.2) is 6.10 Å². The second kappa shape index (κ2) is 37.9. The van der Waals surface area contributed by atoms with E-state index in [1.165, 1.54) is 25.7 Å². The molecule has 0 aromatic rings. The molecule has 0 aliphatic rings. The molecule has 0 spiro atoms. The number of ether oxygens (including phenoxy) is 2. The quantitative estimate of drug-likeness (QED) is 0.0281. The van der Waals surface area contributed by atoms with Crippen LogP contribution in [0.15, 0.2) is 85.1 Å². The number of hydrogen-bond acceptors (Lipinski definition) is 8. The summed E-state index contributed by atoms with van der Waals surface area (Å²) in [7, 11) is -4.39. The summed E-state index contributed by atoms with van der Waals surface area (Å²) < 4.78 is 32.5. The van der Waals surface area contributed by atoms with Crippen molar-refractivity contribution in [3.63, 3.8) is 0 Å². The van der Waals surface area contributed by atoms with Crippen molar-refractivity contribution in [2.45, 2.75) is 142 Å². The zero-order valence-electron chi connectivity index (χ0n) is 32.3. The molecule has 0 saturated carbocycles. The molecule has 10 heteroatoms. The van der Waals surface area contributed by atoms with Crippen LogP contribution >= 0.6 is 7.82 Å². The van der Waals surface area contributed by atoms with Crippen molar-refractivity contribution < 1.29 is 37.6 Å². The second-order valence-electron chi connectivity index (χ2n) is 12.4. The van der Waals surface area contributed by atoms with E-state index >= 15 is 0 Å². The van der Waals surface area contributed by atoms with E-state index in [-0.39, 0.29) is 32.6 Å². The first kappa shape index (κ1) is 49.2. The Morgan fingerprint density at radius 2 is 1.06 bits per heavy atom. The number of nitrogens with two attached hydrogens (primary N) is 1. The molecule has 2 unspecified atom stereocenters. The van der Waals surface area contributed by atoms with Crippen LogP contribution in [0.1, 0.15) is 136 Å². The monoisotopic (exact) mass is 747 g/mol. The molecule has 52 heavy (non-hydrogen) atoms. The summed E-state index contributed by atoms with van der Waals surface area (Å²) in [5.41, 5.74) is 5.32. The van der Waals surface area contributed by atoms with Gasteiger partial charge in [-0.25, -0.2) is 4.57 Å². The lowest BCUT2D eigenvalue weighted by Gasteiger charge is -2.19. The average molecular weight is 748 g/mol. The third-order valence-corrected chi connectivity index (χ3v) is 8.53. The molecule has 0 radical (unpaired) electrons. The smallest absolute Gasteiger partial charge is 0.462 e. The standard InChI is InChI=1S/C42H70NO8P/c1-3-5-7-9-11-13-14-15-16-17-18-19-20-21-22-23-24-25-26-27-29-31-33-35-42(45)51-40(39-50-52(46,47)49-37-36-43)38-48-41(44)34-32-30-28-12-10-8-6-4-2/h5,7,11,13,15-16,18-19,21-22,24-25,27,29,40H,3-4,6,8-10,12,14,17,20,23,26,28,30-39,43H2,1-2H3,(H,46,47)/b7-5-,13-11-,16-15-,19-18-,22-21-,25-24-,29-27-. The number of rotatable bonds is 35. The lowest BCUT2D eigenvalue weighted by molar-refractivity contribution is -0.161. The number of allylic oxidation sites excluding steroid dienone is 14. The SMILES string of the molecule is CC/C=C\C/C=C\C/C=C\C/C=C\C/C=C\C/C=C\C/C=C\CCCC(=O)OC(COC(=O)CCCCCCCCCC)COP(=O)(O)OCCN. The van der Waals surface area contributed by atoms with E-state index in [1.54, 1.807) is 0 Å². The van der Waals surface area contributed by atoms with E-state index < -0.39 is 32.5 Å². The minimum atomic E-state index is -4.39. The van der Waals surface area contributed by atoms with Crippen LogP contribution < -0.4 is 5.73 Å². The van der Waals surface area contributed by atoms with Crippen LogP contribution in [0.5, 0.6) is 0 Å². The number of esters is 2. The molecule has 0 amide bonds. The minimum absolute atomic E-state index is 0.0402. The molecular weight excluding hydrogens is 677 g/mol. The van der Waals surface area contributed by atoms with E-state index in [2.05, 4.69) is 92.8 Å². The van der Waals surface area contributed by atoms with Crippen LogP contribution in [-0.2, 0) is 32.7 Å². The van der Waals surface area contributed by atoms with Gasteiger partial charge >= 0.3 is 19.8 Å². The maximum Gasteiger partial charge on any atom is 0.472 e. The first-order valence-electron chi connectivity index (χ1n) is 19.6. The highest BCUT2D eigenvalue weighted by Crippen LogP contribution is 2.43. The Kier molecular flexibility index (Phi) is 35.9. The lowest BCUT2D eigenvalue weighted by atomic mass is 10.1. The zero-order chi connectivity index (χ0) is 38.2. The average Bonchev–Trinajstić information content (AvgIpc) is 3.13. The third kappa shape index (κ3) is 37.0. The van der Waals surface area contributed by atoms with Crippen molar-refractivity contribution in [2.75, 3.05) is 26.4 Å². The van der Waals surface area contributed by atoms with Crippen molar-refractivity contribution in [1.29, 1.82) is 0 Å². The van der Waals surface area contributed by atoms with Gasteiger partial charge in [-0.3, -0.25) is 18.6 Å². The van der Waals surface area contributed by atoms with Gasteiger partial charge < -0.3 is 20.1 Å². The van der Waals surface area contributed by atoms with Gasteiger partial charge in [0.1, 0.15) is 6.61 Å². The van der Waals surface area contributed by atoms with E-state index in [0.717, 1.165) is 70.6 Å². The number of hydrogen-bond donors (Lipinski definition) is 2. The fourth-order valence-electron chi connectivity index (χ4n) is 4.68. The molecule has 9 nitrogen and oxygen atoms in total. The summed E-state index contributed by atoms with van der Waals surface area (Å²) in [5, 5.41) is 0. The Hall–Kier alpha value is -2.81. The predicted molar refractivity (Wildman–Crippen MR) is 215 cm³/mol. The molecule has 296 valence electrons. The van der Waals surface area contributed by atoms with Crippen molar-refractivity contribution in [2.24, 2.45) is 5.73 Å². The molecule has 0 heterocycles. The lowest BCUT2D eigenvalue weighted by Crippen LogP contribution is -2.29. The summed E-state index contributed by atoms with van der Waals surface area (Å²) in [6.45, 7) is 3.48. The van der Waals surface area contributed by atoms with Crippen molar-refractivity contribution in [3.05, 3.63) is 85.1 Å². The Bertz CT molecular complexity index is 1130. The number of phosphoric acid groups is 1. The number of phosphoric ester groups is 1. The molecule has 3 N–H and O–H groups in total. The summed E-state index contributed by atoms with van der Waals surface area (Å²) in [4.78, 5) is 34.6. The first-order chi connectivity index (χ1) is 25.3. The molecule has 2 atom stereocenters. The molecular formula is C42H70NO8P. The highest BCUT2D eigenvalue weighted by molar-refractivity contribution is 7.47. The van der Waals surface area contributed by atoms with Gasteiger partial charge in [0.25, 0.3) is 0 Å². The maximum atomic E-state index is 12.5. The van der Waals surface area contributed by atoms with Gasteiger partial charge in [0, 0.05) is 19.4 Å². The second-order valence-corrected chi connectivity index (χ2v) is 13.9. The van der Waals surface area contributed by atoms with Crippen LogP contribution in [0, 0.1) is 0 Å². The third-order valence-electron chi connectivity index (χ3n) is 7.55. The van der Waals surface area contributed by atoms with E-state index in [1.807, 2.05) is 6.08 Å². The molecule has 0 aromatic carbocycles. The normalized spacial score (nSPS) is 14.3. The van der Waals surface area contributed by atoms with Crippen molar-refractivity contribution in [3.8, 4) is 0 Å². The fourth-order valence-corrected chi connectivity index (χ4v) is 5.45. The summed E-state index contributed by atoms with van der Waals surface area (Å²) in [6.07, 6.45) is 46.4. The Morgan fingerprint density at radius 3 is 1.56 bits per heavy atom. The van der Waals surface area contributed by atoms with Gasteiger partial charge in [-0.05, 0) is 64.2 Å². The Labute approximate surface area is 315 Å². The van der Waals surface area contributed by atoms with Gasteiger partial charge in [0.2, 0.25) is 0 Å².